The van der Waals surface area contributed by atoms with Crippen molar-refractivity contribution in [1.82, 2.24) is 20.1 Å². The minimum absolute atomic E-state index is 0.0780. The summed E-state index contributed by atoms with van der Waals surface area (Å²) in [6, 6.07) is 8.62. The number of rotatable bonds is 6. The van der Waals surface area contributed by atoms with Crippen LogP contribution in [-0.4, -0.2) is 58.8 Å². The number of benzene rings is 1. The summed E-state index contributed by atoms with van der Waals surface area (Å²) in [5, 5.41) is 4.00. The molecule has 2 aliphatic rings. The van der Waals surface area contributed by atoms with Crippen LogP contribution in [0.15, 0.2) is 42.7 Å². The van der Waals surface area contributed by atoms with Gasteiger partial charge in [0.15, 0.2) is 0 Å². The van der Waals surface area contributed by atoms with Crippen LogP contribution in [0.2, 0.25) is 10.0 Å². The molecule has 1 aromatic carbocycles. The van der Waals surface area contributed by atoms with Gasteiger partial charge in [-0.25, -0.2) is 0 Å². The SMILES string of the molecule is O=C(NCc1ccncc1)C(C1CCCC1)N1CCN(C(=O)c2ccc(Cl)cc2Cl)CC1. The Labute approximate surface area is 198 Å². The summed E-state index contributed by atoms with van der Waals surface area (Å²) in [4.78, 5) is 34.3. The van der Waals surface area contributed by atoms with E-state index in [9.17, 15) is 9.59 Å². The zero-order chi connectivity index (χ0) is 22.5. The highest BCUT2D eigenvalue weighted by atomic mass is 35.5. The molecule has 1 unspecified atom stereocenters. The minimum atomic E-state index is -0.157. The van der Waals surface area contributed by atoms with Crippen LogP contribution in [0.3, 0.4) is 0 Å². The molecular weight excluding hydrogens is 447 g/mol. The Morgan fingerprint density at radius 3 is 2.38 bits per heavy atom. The van der Waals surface area contributed by atoms with Gasteiger partial charge in [0, 0.05) is 50.1 Å². The largest absolute Gasteiger partial charge is 0.351 e. The van der Waals surface area contributed by atoms with Crippen molar-refractivity contribution in [2.45, 2.75) is 38.3 Å². The first kappa shape index (κ1) is 23.0. The van der Waals surface area contributed by atoms with Gasteiger partial charge in [-0.1, -0.05) is 36.0 Å². The molecule has 1 aliphatic carbocycles. The van der Waals surface area contributed by atoms with E-state index in [4.69, 9.17) is 23.2 Å². The fourth-order valence-corrected chi connectivity index (χ4v) is 5.27. The van der Waals surface area contributed by atoms with E-state index >= 15 is 0 Å². The summed E-state index contributed by atoms with van der Waals surface area (Å²) in [6.07, 6.45) is 7.97. The van der Waals surface area contributed by atoms with Gasteiger partial charge in [-0.2, -0.15) is 0 Å². The molecule has 6 nitrogen and oxygen atoms in total. The van der Waals surface area contributed by atoms with Crippen LogP contribution < -0.4 is 5.32 Å². The molecule has 1 aliphatic heterocycles. The van der Waals surface area contributed by atoms with Crippen LogP contribution in [0.1, 0.15) is 41.6 Å². The molecule has 0 spiro atoms. The number of hydrogen-bond acceptors (Lipinski definition) is 4. The van der Waals surface area contributed by atoms with Crippen LogP contribution >= 0.6 is 23.2 Å². The molecule has 2 aromatic rings. The number of nitrogens with zero attached hydrogens (tertiary/aromatic N) is 3. The highest BCUT2D eigenvalue weighted by Gasteiger charge is 2.37. The molecule has 2 amide bonds. The Kier molecular flexibility index (Phi) is 7.66. The highest BCUT2D eigenvalue weighted by molar-refractivity contribution is 6.36. The summed E-state index contributed by atoms with van der Waals surface area (Å²) in [6.45, 7) is 2.97. The smallest absolute Gasteiger partial charge is 0.255 e. The zero-order valence-corrected chi connectivity index (χ0v) is 19.5. The quantitative estimate of drug-likeness (QED) is 0.686. The second-order valence-corrected chi connectivity index (χ2v) is 9.36. The molecule has 0 bridgehead atoms. The predicted octanol–water partition coefficient (Wildman–Crippen LogP) is 4.02. The minimum Gasteiger partial charge on any atom is -0.351 e. The van der Waals surface area contributed by atoms with Crippen molar-refractivity contribution in [3.8, 4) is 0 Å². The molecule has 1 saturated heterocycles. The average Bonchev–Trinajstić information content (AvgIpc) is 3.33. The third-order valence-corrected chi connectivity index (χ3v) is 7.04. The second kappa shape index (κ2) is 10.6. The van der Waals surface area contributed by atoms with Crippen molar-refractivity contribution in [2.75, 3.05) is 26.2 Å². The van der Waals surface area contributed by atoms with Crippen LogP contribution in [-0.2, 0) is 11.3 Å². The topological polar surface area (TPSA) is 65.5 Å². The van der Waals surface area contributed by atoms with E-state index in [-0.39, 0.29) is 17.9 Å². The van der Waals surface area contributed by atoms with Gasteiger partial charge in [0.25, 0.3) is 5.91 Å². The molecule has 1 atom stereocenters. The van der Waals surface area contributed by atoms with E-state index in [1.807, 2.05) is 17.0 Å². The molecule has 1 N–H and O–H groups in total. The lowest BCUT2D eigenvalue weighted by Crippen LogP contribution is -2.57. The molecular formula is C24H28Cl2N4O2. The Bertz CT molecular complexity index is 942. The second-order valence-electron chi connectivity index (χ2n) is 8.51. The lowest BCUT2D eigenvalue weighted by molar-refractivity contribution is -0.129. The number of piperazine rings is 1. The maximum Gasteiger partial charge on any atom is 0.255 e. The molecule has 1 aromatic heterocycles. The lowest BCUT2D eigenvalue weighted by atomic mass is 9.94. The Morgan fingerprint density at radius 1 is 1.03 bits per heavy atom. The number of aromatic nitrogens is 1. The van der Waals surface area contributed by atoms with Crippen LogP contribution in [0.4, 0.5) is 0 Å². The van der Waals surface area contributed by atoms with Crippen molar-refractivity contribution in [2.24, 2.45) is 5.92 Å². The number of nitrogens with one attached hydrogen (secondary N) is 1. The molecule has 32 heavy (non-hydrogen) atoms. The standard InChI is InChI=1S/C24H28Cl2N4O2/c25-19-5-6-20(21(26)15-19)24(32)30-13-11-29(12-14-30)22(18-3-1-2-4-18)23(31)28-16-17-7-9-27-10-8-17/h5-10,15,18,22H,1-4,11-14,16H2,(H,28,31). The Morgan fingerprint density at radius 2 is 1.72 bits per heavy atom. The van der Waals surface area contributed by atoms with E-state index in [0.717, 1.165) is 18.4 Å². The Hall–Kier alpha value is -2.15. The molecule has 2 fully saturated rings. The van der Waals surface area contributed by atoms with Gasteiger partial charge >= 0.3 is 0 Å². The van der Waals surface area contributed by atoms with Gasteiger partial charge in [0.1, 0.15) is 0 Å². The van der Waals surface area contributed by atoms with Crippen molar-refractivity contribution >= 4 is 35.0 Å². The van der Waals surface area contributed by atoms with Gasteiger partial charge in [-0.3, -0.25) is 19.5 Å². The first-order valence-electron chi connectivity index (χ1n) is 11.2. The van der Waals surface area contributed by atoms with Crippen molar-refractivity contribution in [3.63, 3.8) is 0 Å². The summed E-state index contributed by atoms with van der Waals surface area (Å²) in [5.41, 5.74) is 1.50. The number of pyridine rings is 1. The van der Waals surface area contributed by atoms with Crippen molar-refractivity contribution in [1.29, 1.82) is 0 Å². The highest BCUT2D eigenvalue weighted by Crippen LogP contribution is 2.31. The van der Waals surface area contributed by atoms with Gasteiger partial charge in [-0.05, 0) is 54.7 Å². The van der Waals surface area contributed by atoms with E-state index in [1.54, 1.807) is 30.6 Å². The molecule has 0 radical (unpaired) electrons. The summed E-state index contributed by atoms with van der Waals surface area (Å²) in [7, 11) is 0. The van der Waals surface area contributed by atoms with Gasteiger partial charge in [0.2, 0.25) is 5.91 Å². The number of carbonyl (C=O) groups excluding carboxylic acids is 2. The van der Waals surface area contributed by atoms with E-state index in [0.29, 0.717) is 54.3 Å². The lowest BCUT2D eigenvalue weighted by Gasteiger charge is -2.40. The van der Waals surface area contributed by atoms with E-state index in [2.05, 4.69) is 15.2 Å². The van der Waals surface area contributed by atoms with Gasteiger partial charge in [-0.15, -0.1) is 0 Å². The number of hydrogen-bond donors (Lipinski definition) is 1. The average molecular weight is 475 g/mol. The zero-order valence-electron chi connectivity index (χ0n) is 18.0. The molecule has 170 valence electrons. The van der Waals surface area contributed by atoms with E-state index in [1.165, 1.54) is 12.8 Å². The molecule has 1 saturated carbocycles. The van der Waals surface area contributed by atoms with Crippen LogP contribution in [0, 0.1) is 5.92 Å². The van der Waals surface area contributed by atoms with Crippen LogP contribution in [0.25, 0.3) is 0 Å². The van der Waals surface area contributed by atoms with Gasteiger partial charge in [0.05, 0.1) is 16.6 Å². The fourth-order valence-electron chi connectivity index (χ4n) is 4.78. The van der Waals surface area contributed by atoms with Crippen molar-refractivity contribution in [3.05, 3.63) is 63.9 Å². The summed E-state index contributed by atoms with van der Waals surface area (Å²) in [5.74, 6) is 0.348. The van der Waals surface area contributed by atoms with E-state index < -0.39 is 0 Å². The molecule has 4 rings (SSSR count). The number of carbonyl (C=O) groups is 2. The predicted molar refractivity (Wildman–Crippen MR) is 126 cm³/mol. The first-order chi connectivity index (χ1) is 15.5. The van der Waals surface area contributed by atoms with Gasteiger partial charge < -0.3 is 10.2 Å². The third-order valence-electron chi connectivity index (χ3n) is 6.49. The normalized spacial score (nSPS) is 18.5. The monoisotopic (exact) mass is 474 g/mol. The van der Waals surface area contributed by atoms with Crippen molar-refractivity contribution < 1.29 is 9.59 Å². The first-order valence-corrected chi connectivity index (χ1v) is 11.9. The summed E-state index contributed by atoms with van der Waals surface area (Å²) >= 11 is 12.2. The molecule has 2 heterocycles. The molecule has 8 heteroatoms. The maximum absolute atomic E-state index is 13.2. The maximum atomic E-state index is 13.2. The number of halogens is 2. The Balaban J connectivity index is 1.40. The fraction of sp³-hybridized carbons (Fsp3) is 0.458. The summed E-state index contributed by atoms with van der Waals surface area (Å²) < 4.78 is 0. The van der Waals surface area contributed by atoms with Crippen LogP contribution in [0.5, 0.6) is 0 Å². The third kappa shape index (κ3) is 5.42. The number of amides is 2.